The van der Waals surface area contributed by atoms with E-state index in [1.165, 1.54) is 11.8 Å². The van der Waals surface area contributed by atoms with E-state index in [0.717, 1.165) is 5.41 Å². The molecule has 3 saturated carbocycles. The van der Waals surface area contributed by atoms with E-state index >= 15 is 0 Å². The van der Waals surface area contributed by atoms with E-state index in [1.807, 2.05) is 0 Å². The Bertz CT molecular complexity index is 129. The average Bonchev–Trinajstić information content (AvgIpc) is 2.62. The molecule has 1 atom stereocenters. The molecule has 0 heterocycles. The largest absolute Gasteiger partial charge is 0.0499 e. The van der Waals surface area contributed by atoms with Gasteiger partial charge in [0.15, 0.2) is 0 Å². The summed E-state index contributed by atoms with van der Waals surface area (Å²) in [4.78, 5) is 0. The van der Waals surface area contributed by atoms with Gasteiger partial charge in [-0.1, -0.05) is 0 Å². The van der Waals surface area contributed by atoms with Gasteiger partial charge in [0, 0.05) is 0 Å². The SMILES string of the molecule is C1CC1C1CC12CC2. The van der Waals surface area contributed by atoms with Gasteiger partial charge >= 0.3 is 0 Å². The van der Waals surface area contributed by atoms with Crippen molar-refractivity contribution in [2.75, 3.05) is 0 Å². The molecule has 0 aromatic carbocycles. The number of rotatable bonds is 1. The van der Waals surface area contributed by atoms with Crippen LogP contribution in [0.2, 0.25) is 0 Å². The molecular formula is C8H12. The van der Waals surface area contributed by atoms with Crippen LogP contribution in [0.5, 0.6) is 0 Å². The second kappa shape index (κ2) is 0.872. The normalized spacial score (nSPS) is 47.2. The summed E-state index contributed by atoms with van der Waals surface area (Å²) >= 11 is 0. The van der Waals surface area contributed by atoms with Crippen LogP contribution in [0.1, 0.15) is 32.1 Å². The van der Waals surface area contributed by atoms with Crippen LogP contribution in [0.25, 0.3) is 0 Å². The molecule has 0 amide bonds. The average molecular weight is 108 g/mol. The van der Waals surface area contributed by atoms with E-state index in [0.29, 0.717) is 0 Å². The van der Waals surface area contributed by atoms with Crippen molar-refractivity contribution in [2.45, 2.75) is 32.1 Å². The molecule has 0 aliphatic heterocycles. The van der Waals surface area contributed by atoms with Crippen molar-refractivity contribution in [2.24, 2.45) is 17.3 Å². The summed E-state index contributed by atoms with van der Waals surface area (Å²) in [7, 11) is 0. The standard InChI is InChI=1S/C8H12/c1-2-6(1)7-5-8(7)3-4-8/h6-7H,1-5H2. The number of hydrogen-bond acceptors (Lipinski definition) is 0. The second-order valence-electron chi connectivity index (χ2n) is 4.01. The summed E-state index contributed by atoms with van der Waals surface area (Å²) in [6.07, 6.45) is 7.96. The molecular weight excluding hydrogens is 96.1 g/mol. The van der Waals surface area contributed by atoms with Gasteiger partial charge in [-0.15, -0.1) is 0 Å². The fraction of sp³-hybridized carbons (Fsp3) is 1.00. The van der Waals surface area contributed by atoms with Crippen molar-refractivity contribution in [1.82, 2.24) is 0 Å². The van der Waals surface area contributed by atoms with Crippen LogP contribution in [0.4, 0.5) is 0 Å². The maximum absolute atomic E-state index is 1.62. The van der Waals surface area contributed by atoms with Crippen molar-refractivity contribution < 1.29 is 0 Å². The lowest BCUT2D eigenvalue weighted by Gasteiger charge is -1.85. The van der Waals surface area contributed by atoms with Gasteiger partial charge in [-0.3, -0.25) is 0 Å². The maximum Gasteiger partial charge on any atom is -0.0263 e. The zero-order valence-corrected chi connectivity index (χ0v) is 5.19. The maximum atomic E-state index is 1.62. The molecule has 8 heavy (non-hydrogen) atoms. The van der Waals surface area contributed by atoms with Crippen molar-refractivity contribution in [3.05, 3.63) is 0 Å². The minimum Gasteiger partial charge on any atom is -0.0499 e. The lowest BCUT2D eigenvalue weighted by molar-refractivity contribution is 0.626. The van der Waals surface area contributed by atoms with Crippen molar-refractivity contribution in [3.63, 3.8) is 0 Å². The highest BCUT2D eigenvalue weighted by Crippen LogP contribution is 2.75. The van der Waals surface area contributed by atoms with Crippen LogP contribution in [0, 0.1) is 17.3 Å². The summed E-state index contributed by atoms with van der Waals surface area (Å²) in [6.45, 7) is 0. The highest BCUT2D eigenvalue weighted by Gasteiger charge is 2.66. The Morgan fingerprint density at radius 1 is 1.12 bits per heavy atom. The Balaban J connectivity index is 1.78. The molecule has 1 spiro atoms. The summed E-state index contributed by atoms with van der Waals surface area (Å²) < 4.78 is 0. The fourth-order valence-electron chi connectivity index (χ4n) is 2.28. The van der Waals surface area contributed by atoms with Crippen LogP contribution in [0.3, 0.4) is 0 Å². The third-order valence-electron chi connectivity index (χ3n) is 3.34. The minimum absolute atomic E-state index is 1.00. The zero-order chi connectivity index (χ0) is 5.19. The molecule has 0 radical (unpaired) electrons. The van der Waals surface area contributed by atoms with Crippen molar-refractivity contribution >= 4 is 0 Å². The van der Waals surface area contributed by atoms with Crippen LogP contribution < -0.4 is 0 Å². The van der Waals surface area contributed by atoms with Crippen molar-refractivity contribution in [3.8, 4) is 0 Å². The molecule has 1 unspecified atom stereocenters. The van der Waals surface area contributed by atoms with Crippen LogP contribution in [-0.4, -0.2) is 0 Å². The molecule has 0 N–H and O–H groups in total. The third kappa shape index (κ3) is 0.340. The molecule has 0 heteroatoms. The van der Waals surface area contributed by atoms with E-state index in [1.54, 1.807) is 32.1 Å². The van der Waals surface area contributed by atoms with E-state index in [-0.39, 0.29) is 0 Å². The Kier molecular flexibility index (Phi) is 0.427. The lowest BCUT2D eigenvalue weighted by atomic mass is 10.2. The third-order valence-corrected chi connectivity index (χ3v) is 3.34. The Morgan fingerprint density at radius 2 is 1.88 bits per heavy atom. The lowest BCUT2D eigenvalue weighted by Crippen LogP contribution is -1.80. The van der Waals surface area contributed by atoms with Crippen LogP contribution in [0.15, 0.2) is 0 Å². The molecule has 0 aromatic rings. The second-order valence-corrected chi connectivity index (χ2v) is 4.01. The van der Waals surface area contributed by atoms with Crippen LogP contribution in [-0.2, 0) is 0 Å². The van der Waals surface area contributed by atoms with Gasteiger partial charge in [0.1, 0.15) is 0 Å². The first-order valence-corrected chi connectivity index (χ1v) is 3.91. The molecule has 3 aliphatic rings. The molecule has 3 aliphatic carbocycles. The van der Waals surface area contributed by atoms with E-state index in [9.17, 15) is 0 Å². The number of hydrogen-bond donors (Lipinski definition) is 0. The topological polar surface area (TPSA) is 0 Å². The molecule has 3 rings (SSSR count). The highest BCUT2D eigenvalue weighted by molar-refractivity contribution is 5.16. The Morgan fingerprint density at radius 3 is 2.25 bits per heavy atom. The molecule has 0 nitrogen and oxygen atoms in total. The Labute approximate surface area is 50.3 Å². The van der Waals surface area contributed by atoms with Gasteiger partial charge in [-0.2, -0.15) is 0 Å². The zero-order valence-electron chi connectivity index (χ0n) is 5.19. The summed E-state index contributed by atoms with van der Waals surface area (Å²) in [5.41, 5.74) is 1.00. The van der Waals surface area contributed by atoms with E-state index in [4.69, 9.17) is 0 Å². The van der Waals surface area contributed by atoms with Gasteiger partial charge in [0.05, 0.1) is 0 Å². The highest BCUT2D eigenvalue weighted by atomic mass is 14.7. The van der Waals surface area contributed by atoms with Gasteiger partial charge in [-0.25, -0.2) is 0 Å². The first-order valence-electron chi connectivity index (χ1n) is 3.91. The molecule has 44 valence electrons. The summed E-state index contributed by atoms with van der Waals surface area (Å²) in [5, 5.41) is 0. The van der Waals surface area contributed by atoms with Crippen molar-refractivity contribution in [1.29, 1.82) is 0 Å². The van der Waals surface area contributed by atoms with Gasteiger partial charge in [0.2, 0.25) is 0 Å². The minimum atomic E-state index is 1.00. The van der Waals surface area contributed by atoms with Gasteiger partial charge in [0.25, 0.3) is 0 Å². The summed E-state index contributed by atoms with van der Waals surface area (Å²) in [6, 6.07) is 0. The molecule has 0 aromatic heterocycles. The monoisotopic (exact) mass is 108 g/mol. The molecule has 3 fully saturated rings. The van der Waals surface area contributed by atoms with Gasteiger partial charge < -0.3 is 0 Å². The first kappa shape index (κ1) is 3.92. The predicted molar refractivity (Wildman–Crippen MR) is 32.5 cm³/mol. The fourth-order valence-corrected chi connectivity index (χ4v) is 2.28. The van der Waals surface area contributed by atoms with Crippen LogP contribution >= 0.6 is 0 Å². The molecule has 0 saturated heterocycles. The Hall–Kier alpha value is 0. The first-order chi connectivity index (χ1) is 3.91. The smallest absolute Gasteiger partial charge is 0.0263 e. The van der Waals surface area contributed by atoms with E-state index in [2.05, 4.69) is 0 Å². The predicted octanol–water partition coefficient (Wildman–Crippen LogP) is 2.20. The van der Waals surface area contributed by atoms with E-state index < -0.39 is 0 Å². The van der Waals surface area contributed by atoms with Gasteiger partial charge in [-0.05, 0) is 49.4 Å². The summed E-state index contributed by atoms with van der Waals surface area (Å²) in [5.74, 6) is 2.46. The molecule has 0 bridgehead atoms. The quantitative estimate of drug-likeness (QED) is 0.483.